The number of aryl methyl sites for hydroxylation is 2. The third-order valence-electron chi connectivity index (χ3n) is 4.68. The summed E-state index contributed by atoms with van der Waals surface area (Å²) in [6.45, 7) is 16.9. The maximum Gasteiger partial charge on any atom is 0.0353 e. The smallest absolute Gasteiger partial charge is 0.0353 e. The summed E-state index contributed by atoms with van der Waals surface area (Å²) in [7, 11) is 0. The van der Waals surface area contributed by atoms with Crippen molar-refractivity contribution in [1.29, 1.82) is 0 Å². The van der Waals surface area contributed by atoms with Gasteiger partial charge in [0.15, 0.2) is 0 Å². The third-order valence-corrected chi connectivity index (χ3v) is 4.68. The first-order valence-electron chi connectivity index (χ1n) is 7.78. The summed E-state index contributed by atoms with van der Waals surface area (Å²) in [5.41, 5.74) is 7.34. The molecule has 0 saturated heterocycles. The van der Waals surface area contributed by atoms with Crippen LogP contribution in [0.25, 0.3) is 0 Å². The minimum Gasteiger partial charge on any atom is -0.310 e. The van der Waals surface area contributed by atoms with E-state index in [-0.39, 0.29) is 0 Å². The molecule has 0 aromatic heterocycles. The van der Waals surface area contributed by atoms with Crippen molar-refractivity contribution < 1.29 is 0 Å². The van der Waals surface area contributed by atoms with Crippen molar-refractivity contribution in [3.63, 3.8) is 0 Å². The van der Waals surface area contributed by atoms with Crippen molar-refractivity contribution in [3.05, 3.63) is 33.9 Å². The van der Waals surface area contributed by atoms with Crippen LogP contribution in [0.1, 0.15) is 67.5 Å². The van der Waals surface area contributed by atoms with Crippen molar-refractivity contribution in [2.75, 3.05) is 6.54 Å². The summed E-state index contributed by atoms with van der Waals surface area (Å²) in [5, 5.41) is 3.74. The summed E-state index contributed by atoms with van der Waals surface area (Å²) in [6, 6.07) is 2.82. The summed E-state index contributed by atoms with van der Waals surface area (Å²) in [6.07, 6.45) is 2.47. The second-order valence-corrected chi connectivity index (χ2v) is 5.79. The minimum atomic E-state index is 0.499. The lowest BCUT2D eigenvalue weighted by Crippen LogP contribution is -2.29. The first-order chi connectivity index (χ1) is 8.97. The van der Waals surface area contributed by atoms with Crippen LogP contribution >= 0.6 is 0 Å². The molecule has 0 fully saturated rings. The fourth-order valence-electron chi connectivity index (χ4n) is 3.20. The Bertz CT molecular complexity index is 390. The molecule has 0 aliphatic carbocycles. The first kappa shape index (κ1) is 16.2. The van der Waals surface area contributed by atoms with Gasteiger partial charge in [-0.05, 0) is 68.0 Å². The van der Waals surface area contributed by atoms with Gasteiger partial charge < -0.3 is 5.32 Å². The quantitative estimate of drug-likeness (QED) is 0.759. The number of benzene rings is 1. The van der Waals surface area contributed by atoms with E-state index in [2.05, 4.69) is 59.8 Å². The Hall–Kier alpha value is -0.820. The highest BCUT2D eigenvalue weighted by atomic mass is 14.9. The van der Waals surface area contributed by atoms with Crippen molar-refractivity contribution in [2.45, 2.75) is 67.3 Å². The molecule has 0 radical (unpaired) electrons. The van der Waals surface area contributed by atoms with Gasteiger partial charge in [0.2, 0.25) is 0 Å². The molecule has 0 aliphatic heterocycles. The summed E-state index contributed by atoms with van der Waals surface area (Å²) in [4.78, 5) is 0. The highest BCUT2D eigenvalue weighted by molar-refractivity contribution is 5.46. The lowest BCUT2D eigenvalue weighted by molar-refractivity contribution is 0.344. The van der Waals surface area contributed by atoms with Crippen LogP contribution < -0.4 is 5.32 Å². The van der Waals surface area contributed by atoms with E-state index in [1.165, 1.54) is 35.1 Å². The van der Waals surface area contributed by atoms with Gasteiger partial charge >= 0.3 is 0 Å². The van der Waals surface area contributed by atoms with Gasteiger partial charge in [-0.15, -0.1) is 0 Å². The van der Waals surface area contributed by atoms with Crippen LogP contribution in [-0.2, 0) is 0 Å². The Balaban J connectivity index is 3.37. The molecule has 108 valence electrons. The standard InChI is InChI=1S/C18H31N/c1-8-16(9-2)18(19-10-3)17-14(6)12(4)11-13(5)15(17)7/h11,16,18-19H,8-10H2,1-7H3. The molecule has 0 aliphatic rings. The van der Waals surface area contributed by atoms with E-state index in [1.54, 1.807) is 5.56 Å². The molecule has 0 bridgehead atoms. The number of nitrogens with one attached hydrogen (secondary N) is 1. The second kappa shape index (κ2) is 7.09. The monoisotopic (exact) mass is 261 g/mol. The molecule has 19 heavy (non-hydrogen) atoms. The van der Waals surface area contributed by atoms with Crippen molar-refractivity contribution in [1.82, 2.24) is 5.32 Å². The third kappa shape index (κ3) is 3.39. The predicted molar refractivity (Wildman–Crippen MR) is 85.9 cm³/mol. The van der Waals surface area contributed by atoms with Gasteiger partial charge in [0.1, 0.15) is 0 Å². The normalized spacial score (nSPS) is 13.1. The SMILES string of the molecule is CCNC(c1c(C)c(C)cc(C)c1C)C(CC)CC. The van der Waals surface area contributed by atoms with E-state index in [0.717, 1.165) is 12.5 Å². The average Bonchev–Trinajstić information content (AvgIpc) is 2.38. The fraction of sp³-hybridized carbons (Fsp3) is 0.667. The molecule has 1 rings (SSSR count). The van der Waals surface area contributed by atoms with Gasteiger partial charge in [-0.25, -0.2) is 0 Å². The predicted octanol–water partition coefficient (Wildman–Crippen LogP) is 5.01. The van der Waals surface area contributed by atoms with Crippen LogP contribution in [0, 0.1) is 33.6 Å². The van der Waals surface area contributed by atoms with E-state index in [0.29, 0.717) is 6.04 Å². The molecule has 0 amide bonds. The molecule has 1 aromatic carbocycles. The van der Waals surface area contributed by atoms with E-state index in [9.17, 15) is 0 Å². The molecule has 1 nitrogen and oxygen atoms in total. The van der Waals surface area contributed by atoms with Crippen LogP contribution in [0.15, 0.2) is 6.07 Å². The molecule has 1 atom stereocenters. The number of hydrogen-bond acceptors (Lipinski definition) is 1. The summed E-state index contributed by atoms with van der Waals surface area (Å²) in [5.74, 6) is 0.721. The zero-order valence-electron chi connectivity index (χ0n) is 13.9. The van der Waals surface area contributed by atoms with Crippen LogP contribution in [0.4, 0.5) is 0 Å². The summed E-state index contributed by atoms with van der Waals surface area (Å²) >= 11 is 0. The maximum atomic E-state index is 3.74. The molecule has 0 saturated carbocycles. The van der Waals surface area contributed by atoms with Crippen LogP contribution in [0.3, 0.4) is 0 Å². The van der Waals surface area contributed by atoms with Crippen LogP contribution in [-0.4, -0.2) is 6.54 Å². The lowest BCUT2D eigenvalue weighted by atomic mass is 9.82. The van der Waals surface area contributed by atoms with Crippen LogP contribution in [0.5, 0.6) is 0 Å². The van der Waals surface area contributed by atoms with Crippen LogP contribution in [0.2, 0.25) is 0 Å². The highest BCUT2D eigenvalue weighted by Gasteiger charge is 2.24. The highest BCUT2D eigenvalue weighted by Crippen LogP contribution is 2.34. The van der Waals surface area contributed by atoms with Crippen molar-refractivity contribution in [2.24, 2.45) is 5.92 Å². The van der Waals surface area contributed by atoms with Gasteiger partial charge in [-0.1, -0.05) is 39.7 Å². The number of hydrogen-bond donors (Lipinski definition) is 1. The largest absolute Gasteiger partial charge is 0.310 e. The molecule has 1 N–H and O–H groups in total. The van der Waals surface area contributed by atoms with Gasteiger partial charge in [-0.3, -0.25) is 0 Å². The van der Waals surface area contributed by atoms with Gasteiger partial charge in [0, 0.05) is 6.04 Å². The molecule has 0 heterocycles. The molecule has 1 heteroatoms. The Kier molecular flexibility index (Phi) is 6.06. The average molecular weight is 261 g/mol. The Labute approximate surface area is 119 Å². The molecular formula is C18H31N. The molecule has 1 unspecified atom stereocenters. The Morgan fingerprint density at radius 3 is 1.74 bits per heavy atom. The van der Waals surface area contributed by atoms with Gasteiger partial charge in [0.25, 0.3) is 0 Å². The number of rotatable bonds is 6. The fourth-order valence-corrected chi connectivity index (χ4v) is 3.20. The second-order valence-electron chi connectivity index (χ2n) is 5.79. The zero-order chi connectivity index (χ0) is 14.6. The Morgan fingerprint density at radius 1 is 0.895 bits per heavy atom. The van der Waals surface area contributed by atoms with E-state index < -0.39 is 0 Å². The first-order valence-corrected chi connectivity index (χ1v) is 7.78. The van der Waals surface area contributed by atoms with Gasteiger partial charge in [0.05, 0.1) is 0 Å². The maximum absolute atomic E-state index is 3.74. The molecular weight excluding hydrogens is 230 g/mol. The van der Waals surface area contributed by atoms with Crippen molar-refractivity contribution in [3.8, 4) is 0 Å². The van der Waals surface area contributed by atoms with E-state index in [1.807, 2.05) is 0 Å². The lowest BCUT2D eigenvalue weighted by Gasteiger charge is -2.31. The van der Waals surface area contributed by atoms with Crippen molar-refractivity contribution >= 4 is 0 Å². The van der Waals surface area contributed by atoms with Gasteiger partial charge in [-0.2, -0.15) is 0 Å². The molecule has 1 aromatic rings. The molecule has 0 spiro atoms. The topological polar surface area (TPSA) is 12.0 Å². The van der Waals surface area contributed by atoms with E-state index >= 15 is 0 Å². The van der Waals surface area contributed by atoms with E-state index in [4.69, 9.17) is 0 Å². The zero-order valence-corrected chi connectivity index (χ0v) is 13.9. The Morgan fingerprint density at radius 2 is 1.37 bits per heavy atom. The minimum absolute atomic E-state index is 0.499. The summed E-state index contributed by atoms with van der Waals surface area (Å²) < 4.78 is 0.